The minimum atomic E-state index is 1.01. The normalized spacial score (nSPS) is 11.2. The van der Waals surface area contributed by atoms with Crippen LogP contribution in [0.1, 0.15) is 26.7 Å². The van der Waals surface area contributed by atoms with Crippen molar-refractivity contribution < 1.29 is 0 Å². The highest BCUT2D eigenvalue weighted by Gasteiger charge is 1.90. The van der Waals surface area contributed by atoms with Gasteiger partial charge < -0.3 is 0 Å². The van der Waals surface area contributed by atoms with Crippen molar-refractivity contribution in [1.29, 1.82) is 0 Å². The van der Waals surface area contributed by atoms with Crippen molar-refractivity contribution in [3.05, 3.63) is 48.6 Å². The number of hydrogen-bond donors (Lipinski definition) is 0. The maximum Gasteiger partial charge on any atom is -0.0244 e. The van der Waals surface area contributed by atoms with E-state index >= 15 is 0 Å². The lowest BCUT2D eigenvalue weighted by Crippen LogP contribution is -1.79. The van der Waals surface area contributed by atoms with Crippen LogP contribution in [0, 0.1) is 0 Å². The molecule has 0 atom stereocenters. The third-order valence-corrected chi connectivity index (χ3v) is 1.57. The van der Waals surface area contributed by atoms with Gasteiger partial charge in [0.05, 0.1) is 0 Å². The third kappa shape index (κ3) is 5.72. The van der Waals surface area contributed by atoms with Gasteiger partial charge in [-0.25, -0.2) is 0 Å². The average Bonchev–Trinajstić information content (AvgIpc) is 2.02. The standard InChI is InChI=1S/C12H18/c1-5-7-11(3)9-10-12(4)8-6-2/h5-8H,3-4,9-10H2,1-2H3. The highest BCUT2D eigenvalue weighted by Crippen LogP contribution is 2.10. The van der Waals surface area contributed by atoms with Crippen molar-refractivity contribution in [3.63, 3.8) is 0 Å². The van der Waals surface area contributed by atoms with E-state index in [1.54, 1.807) is 0 Å². The molecule has 0 spiro atoms. The molecule has 12 heavy (non-hydrogen) atoms. The summed E-state index contributed by atoms with van der Waals surface area (Å²) in [6.45, 7) is 11.9. The van der Waals surface area contributed by atoms with Crippen molar-refractivity contribution in [3.8, 4) is 0 Å². The maximum atomic E-state index is 3.92. The van der Waals surface area contributed by atoms with E-state index in [-0.39, 0.29) is 0 Å². The van der Waals surface area contributed by atoms with Crippen molar-refractivity contribution in [2.24, 2.45) is 0 Å². The van der Waals surface area contributed by atoms with Crippen LogP contribution in [0.4, 0.5) is 0 Å². The number of rotatable bonds is 5. The fraction of sp³-hybridized carbons (Fsp3) is 0.333. The molecule has 0 fully saturated rings. The zero-order chi connectivity index (χ0) is 9.40. The van der Waals surface area contributed by atoms with E-state index in [0.717, 1.165) is 12.8 Å². The van der Waals surface area contributed by atoms with Crippen molar-refractivity contribution in [2.45, 2.75) is 26.7 Å². The lowest BCUT2D eigenvalue weighted by atomic mass is 10.1. The average molecular weight is 162 g/mol. The molecule has 0 radical (unpaired) electrons. The van der Waals surface area contributed by atoms with Gasteiger partial charge in [0.2, 0.25) is 0 Å². The molecule has 0 aromatic carbocycles. The molecule has 0 saturated carbocycles. The topological polar surface area (TPSA) is 0 Å². The van der Waals surface area contributed by atoms with Crippen molar-refractivity contribution in [1.82, 2.24) is 0 Å². The van der Waals surface area contributed by atoms with Crippen LogP contribution in [0.25, 0.3) is 0 Å². The minimum Gasteiger partial charge on any atom is -0.0958 e. The molecule has 0 amide bonds. The fourth-order valence-electron chi connectivity index (χ4n) is 0.959. The largest absolute Gasteiger partial charge is 0.0958 e. The molecule has 0 rings (SSSR count). The number of allylic oxidation sites excluding steroid dienone is 6. The molecule has 0 bridgehead atoms. The Morgan fingerprint density at radius 3 is 1.50 bits per heavy atom. The summed E-state index contributed by atoms with van der Waals surface area (Å²) in [5.74, 6) is 0. The van der Waals surface area contributed by atoms with E-state index in [1.807, 2.05) is 38.2 Å². The molecular formula is C12H18. The van der Waals surface area contributed by atoms with E-state index in [2.05, 4.69) is 13.2 Å². The summed E-state index contributed by atoms with van der Waals surface area (Å²) < 4.78 is 0. The summed E-state index contributed by atoms with van der Waals surface area (Å²) in [7, 11) is 0. The summed E-state index contributed by atoms with van der Waals surface area (Å²) in [6, 6.07) is 0. The molecule has 0 aliphatic carbocycles. The predicted molar refractivity (Wildman–Crippen MR) is 57.1 cm³/mol. The van der Waals surface area contributed by atoms with Gasteiger partial charge in [0, 0.05) is 0 Å². The second-order valence-electron chi connectivity index (χ2n) is 2.82. The Kier molecular flexibility index (Phi) is 6.08. The van der Waals surface area contributed by atoms with E-state index in [0.29, 0.717) is 0 Å². The monoisotopic (exact) mass is 162 g/mol. The summed E-state index contributed by atoms with van der Waals surface area (Å²) in [4.78, 5) is 0. The van der Waals surface area contributed by atoms with Gasteiger partial charge in [-0.2, -0.15) is 0 Å². The van der Waals surface area contributed by atoms with Gasteiger partial charge in [0.1, 0.15) is 0 Å². The van der Waals surface area contributed by atoms with Gasteiger partial charge in [0.25, 0.3) is 0 Å². The van der Waals surface area contributed by atoms with E-state index in [1.165, 1.54) is 11.1 Å². The van der Waals surface area contributed by atoms with Gasteiger partial charge in [-0.1, -0.05) is 48.6 Å². The first kappa shape index (κ1) is 11.0. The molecule has 0 saturated heterocycles. The summed E-state index contributed by atoms with van der Waals surface area (Å²) in [5.41, 5.74) is 2.34. The lowest BCUT2D eigenvalue weighted by Gasteiger charge is -1.99. The van der Waals surface area contributed by atoms with Crippen LogP contribution in [-0.2, 0) is 0 Å². The molecule has 0 unspecified atom stereocenters. The van der Waals surface area contributed by atoms with Crippen LogP contribution in [0.2, 0.25) is 0 Å². The van der Waals surface area contributed by atoms with E-state index in [9.17, 15) is 0 Å². The summed E-state index contributed by atoms with van der Waals surface area (Å²) >= 11 is 0. The Balaban J connectivity index is 3.68. The lowest BCUT2D eigenvalue weighted by molar-refractivity contribution is 0.977. The van der Waals surface area contributed by atoms with Crippen LogP contribution in [0.15, 0.2) is 48.6 Å². The van der Waals surface area contributed by atoms with Crippen LogP contribution in [0.3, 0.4) is 0 Å². The third-order valence-electron chi connectivity index (χ3n) is 1.57. The van der Waals surface area contributed by atoms with Gasteiger partial charge in [-0.15, -0.1) is 0 Å². The molecule has 0 N–H and O–H groups in total. The van der Waals surface area contributed by atoms with Crippen LogP contribution in [-0.4, -0.2) is 0 Å². The maximum absolute atomic E-state index is 3.92. The molecule has 0 aliphatic rings. The zero-order valence-corrected chi connectivity index (χ0v) is 8.14. The second-order valence-corrected chi connectivity index (χ2v) is 2.82. The molecular weight excluding hydrogens is 144 g/mol. The van der Waals surface area contributed by atoms with Crippen molar-refractivity contribution >= 4 is 0 Å². The Labute approximate surface area is 76.0 Å². The summed E-state index contributed by atoms with van der Waals surface area (Å²) in [5, 5.41) is 0. The quantitative estimate of drug-likeness (QED) is 0.535. The molecule has 0 aromatic rings. The zero-order valence-electron chi connectivity index (χ0n) is 8.14. The first-order chi connectivity index (χ1) is 5.70. The first-order valence-electron chi connectivity index (χ1n) is 4.31. The van der Waals surface area contributed by atoms with Gasteiger partial charge in [-0.05, 0) is 26.7 Å². The Bertz CT molecular complexity index is 180. The molecule has 0 nitrogen and oxygen atoms in total. The van der Waals surface area contributed by atoms with Crippen LogP contribution >= 0.6 is 0 Å². The van der Waals surface area contributed by atoms with Gasteiger partial charge in [0.15, 0.2) is 0 Å². The Hall–Kier alpha value is -1.04. The summed E-state index contributed by atoms with van der Waals surface area (Å²) in [6.07, 6.45) is 10.1. The molecule has 0 heterocycles. The molecule has 0 aliphatic heterocycles. The van der Waals surface area contributed by atoms with Gasteiger partial charge >= 0.3 is 0 Å². The SMILES string of the molecule is C=C(C=CC)CCC(=C)C=CC. The Morgan fingerprint density at radius 1 is 0.917 bits per heavy atom. The minimum absolute atomic E-state index is 1.01. The smallest absolute Gasteiger partial charge is 0.0244 e. The highest BCUT2D eigenvalue weighted by atomic mass is 14.0. The van der Waals surface area contributed by atoms with Crippen molar-refractivity contribution in [2.75, 3.05) is 0 Å². The Morgan fingerprint density at radius 2 is 1.25 bits per heavy atom. The number of hydrogen-bond acceptors (Lipinski definition) is 0. The van der Waals surface area contributed by atoms with Crippen LogP contribution in [0.5, 0.6) is 0 Å². The molecule has 66 valence electrons. The molecule has 0 heteroatoms. The highest BCUT2D eigenvalue weighted by molar-refractivity contribution is 5.19. The second kappa shape index (κ2) is 6.66. The van der Waals surface area contributed by atoms with Gasteiger partial charge in [-0.3, -0.25) is 0 Å². The molecule has 0 aromatic heterocycles. The predicted octanol–water partition coefficient (Wildman–Crippen LogP) is 4.03. The van der Waals surface area contributed by atoms with E-state index in [4.69, 9.17) is 0 Å². The first-order valence-corrected chi connectivity index (χ1v) is 4.31. The van der Waals surface area contributed by atoms with Crippen LogP contribution < -0.4 is 0 Å². The fourth-order valence-corrected chi connectivity index (χ4v) is 0.959. The van der Waals surface area contributed by atoms with E-state index < -0.39 is 0 Å².